The summed E-state index contributed by atoms with van der Waals surface area (Å²) in [5.41, 5.74) is 4.67. The molecule has 0 saturated carbocycles. The number of ketones is 1. The van der Waals surface area contributed by atoms with Crippen LogP contribution in [0.5, 0.6) is 23.0 Å². The maximum atomic E-state index is 13.0. The maximum Gasteiger partial charge on any atom is 0.338 e. The van der Waals surface area contributed by atoms with Gasteiger partial charge in [0.1, 0.15) is 36.2 Å². The van der Waals surface area contributed by atoms with Gasteiger partial charge in [-0.05, 0) is 36.4 Å². The molecule has 0 spiro atoms. The first-order chi connectivity index (χ1) is 32.8. The van der Waals surface area contributed by atoms with Crippen LogP contribution in [0, 0.1) is 0 Å². The second-order valence-electron chi connectivity index (χ2n) is 15.0. The molecule has 67 heavy (non-hydrogen) atoms. The van der Waals surface area contributed by atoms with Gasteiger partial charge < -0.3 is 24.4 Å². The number of nitrogens with zero attached hydrogens (tertiary/aromatic N) is 6. The van der Waals surface area contributed by atoms with Crippen LogP contribution in [0.3, 0.4) is 0 Å². The standard InChI is InChI=1S/C54H40N6O7/c61-45(29-30-65-41-25-27-43(46(62)33-41)52-57-48(36-13-5-1-6-14-36)55-49(58-52)37-15-7-2-8-16-37)35-21-23-40(24-22-35)54(64)67-32-31-66-42-26-28-44(47(63)34-42)53-59-50(38-17-9-3-10-18-38)56-51(60-53)39-19-11-4-12-20-39/h1-28,33-34,62-63H,29-32H2. The summed E-state index contributed by atoms with van der Waals surface area (Å²) in [6.45, 7) is 0.000695. The van der Waals surface area contributed by atoms with E-state index in [1.165, 1.54) is 24.3 Å². The number of carbonyl (C=O) groups is 2. The third kappa shape index (κ3) is 10.5. The van der Waals surface area contributed by atoms with Gasteiger partial charge in [-0.1, -0.05) is 133 Å². The Morgan fingerprint density at radius 1 is 0.388 bits per heavy atom. The average molecular weight is 885 g/mol. The van der Waals surface area contributed by atoms with Crippen LogP contribution in [0.4, 0.5) is 0 Å². The third-order valence-corrected chi connectivity index (χ3v) is 10.4. The average Bonchev–Trinajstić information content (AvgIpc) is 3.38. The number of aromatic nitrogens is 6. The molecule has 0 radical (unpaired) electrons. The van der Waals surface area contributed by atoms with Crippen molar-refractivity contribution >= 4 is 11.8 Å². The number of rotatable bonds is 16. The Morgan fingerprint density at radius 3 is 1.13 bits per heavy atom. The van der Waals surface area contributed by atoms with E-state index in [0.29, 0.717) is 63.1 Å². The molecule has 0 saturated heterocycles. The van der Waals surface area contributed by atoms with Gasteiger partial charge in [-0.2, -0.15) is 0 Å². The van der Waals surface area contributed by atoms with Gasteiger partial charge in [0, 0.05) is 46.4 Å². The summed E-state index contributed by atoms with van der Waals surface area (Å²) in [6.07, 6.45) is 0.0492. The second kappa shape index (κ2) is 20.2. The minimum atomic E-state index is -0.588. The lowest BCUT2D eigenvalue weighted by molar-refractivity contribution is 0.0450. The fourth-order valence-corrected chi connectivity index (χ4v) is 7.01. The first kappa shape index (κ1) is 43.2. The van der Waals surface area contributed by atoms with Crippen LogP contribution >= 0.6 is 0 Å². The number of phenolic OH excluding ortho intramolecular Hbond substituents is 2. The summed E-state index contributed by atoms with van der Waals surface area (Å²) in [7, 11) is 0. The Bertz CT molecular complexity index is 3040. The molecule has 0 aliphatic rings. The summed E-state index contributed by atoms with van der Waals surface area (Å²) in [6, 6.07) is 53.9. The van der Waals surface area contributed by atoms with E-state index < -0.39 is 5.97 Å². The number of hydrogen-bond donors (Lipinski definition) is 2. The first-order valence-electron chi connectivity index (χ1n) is 21.3. The molecule has 2 heterocycles. The number of phenols is 2. The Kier molecular flexibility index (Phi) is 13.0. The van der Waals surface area contributed by atoms with Crippen molar-refractivity contribution in [1.29, 1.82) is 0 Å². The summed E-state index contributed by atoms with van der Waals surface area (Å²) in [4.78, 5) is 53.9. The molecule has 0 fully saturated rings. The van der Waals surface area contributed by atoms with Gasteiger partial charge in [-0.25, -0.2) is 34.7 Å². The van der Waals surface area contributed by atoms with E-state index >= 15 is 0 Å². The van der Waals surface area contributed by atoms with E-state index in [9.17, 15) is 19.8 Å². The lowest BCUT2D eigenvalue weighted by Crippen LogP contribution is -2.13. The van der Waals surface area contributed by atoms with Crippen molar-refractivity contribution in [3.63, 3.8) is 0 Å². The number of hydrogen-bond acceptors (Lipinski definition) is 13. The van der Waals surface area contributed by atoms with Gasteiger partial charge in [0.25, 0.3) is 0 Å². The van der Waals surface area contributed by atoms with Crippen LogP contribution in [-0.4, -0.2) is 71.7 Å². The van der Waals surface area contributed by atoms with Gasteiger partial charge >= 0.3 is 5.97 Å². The number of Topliss-reactive ketones (excluding diaryl/α,β-unsaturated/α-hetero) is 1. The molecule has 0 aliphatic heterocycles. The summed E-state index contributed by atoms with van der Waals surface area (Å²) >= 11 is 0. The quantitative estimate of drug-likeness (QED) is 0.0532. The van der Waals surface area contributed by atoms with Gasteiger partial charge in [-0.3, -0.25) is 4.79 Å². The monoisotopic (exact) mass is 884 g/mol. The zero-order valence-corrected chi connectivity index (χ0v) is 35.8. The predicted octanol–water partition coefficient (Wildman–Crippen LogP) is 10.4. The van der Waals surface area contributed by atoms with E-state index in [1.54, 1.807) is 36.4 Å². The minimum Gasteiger partial charge on any atom is -0.507 e. The molecule has 9 rings (SSSR count). The molecule has 9 aromatic rings. The van der Waals surface area contributed by atoms with Crippen molar-refractivity contribution in [2.75, 3.05) is 19.8 Å². The van der Waals surface area contributed by atoms with Gasteiger partial charge in [0.05, 0.1) is 23.3 Å². The van der Waals surface area contributed by atoms with Crippen molar-refractivity contribution in [1.82, 2.24) is 29.9 Å². The Labute approximate surface area is 385 Å². The van der Waals surface area contributed by atoms with E-state index in [-0.39, 0.29) is 49.1 Å². The van der Waals surface area contributed by atoms with Crippen LogP contribution in [0.25, 0.3) is 68.3 Å². The number of esters is 1. The van der Waals surface area contributed by atoms with Crippen molar-refractivity contribution in [2.45, 2.75) is 6.42 Å². The number of carbonyl (C=O) groups excluding carboxylic acids is 2. The van der Waals surface area contributed by atoms with Crippen LogP contribution in [0.15, 0.2) is 182 Å². The van der Waals surface area contributed by atoms with Gasteiger partial charge in [-0.15, -0.1) is 0 Å². The zero-order chi connectivity index (χ0) is 46.0. The Balaban J connectivity index is 0.763. The predicted molar refractivity (Wildman–Crippen MR) is 252 cm³/mol. The molecule has 0 aliphatic carbocycles. The molecule has 0 atom stereocenters. The zero-order valence-electron chi connectivity index (χ0n) is 35.8. The highest BCUT2D eigenvalue weighted by atomic mass is 16.6. The van der Waals surface area contributed by atoms with Crippen molar-refractivity contribution < 1.29 is 34.0 Å². The number of benzene rings is 7. The highest BCUT2D eigenvalue weighted by molar-refractivity contribution is 5.97. The molecule has 2 N–H and O–H groups in total. The molecular weight excluding hydrogens is 845 g/mol. The van der Waals surface area contributed by atoms with E-state index in [0.717, 1.165) is 22.3 Å². The molecule has 2 aromatic heterocycles. The largest absolute Gasteiger partial charge is 0.507 e. The summed E-state index contributed by atoms with van der Waals surface area (Å²) in [5.74, 6) is 2.20. The summed E-state index contributed by atoms with van der Waals surface area (Å²) in [5, 5.41) is 22.1. The molecule has 13 nitrogen and oxygen atoms in total. The topological polar surface area (TPSA) is 180 Å². The van der Waals surface area contributed by atoms with Crippen molar-refractivity contribution in [3.05, 3.63) is 193 Å². The van der Waals surface area contributed by atoms with Gasteiger partial charge in [0.2, 0.25) is 0 Å². The SMILES string of the molecule is O=C(CCOc1ccc(-c2nc(-c3ccccc3)nc(-c3ccccc3)n2)c(O)c1)c1ccc(C(=O)OCCOc2ccc(-c3nc(-c4ccccc4)nc(-c4ccccc4)n3)c(O)c2)cc1. The lowest BCUT2D eigenvalue weighted by atomic mass is 10.1. The van der Waals surface area contributed by atoms with Crippen molar-refractivity contribution in [3.8, 4) is 91.3 Å². The van der Waals surface area contributed by atoms with E-state index in [2.05, 4.69) is 19.9 Å². The third-order valence-electron chi connectivity index (χ3n) is 10.4. The maximum absolute atomic E-state index is 13.0. The Morgan fingerprint density at radius 2 is 0.746 bits per heavy atom. The lowest BCUT2D eigenvalue weighted by Gasteiger charge is -2.11. The smallest absolute Gasteiger partial charge is 0.338 e. The van der Waals surface area contributed by atoms with Gasteiger partial charge in [0.15, 0.2) is 40.7 Å². The molecule has 7 aromatic carbocycles. The number of aromatic hydroxyl groups is 2. The van der Waals surface area contributed by atoms with Crippen molar-refractivity contribution in [2.24, 2.45) is 0 Å². The molecule has 0 unspecified atom stereocenters. The highest BCUT2D eigenvalue weighted by Gasteiger charge is 2.18. The van der Waals surface area contributed by atoms with E-state index in [4.69, 9.17) is 24.2 Å². The molecule has 13 heteroatoms. The minimum absolute atomic E-state index is 0.0194. The second-order valence-corrected chi connectivity index (χ2v) is 15.0. The number of ether oxygens (including phenoxy) is 3. The molecule has 0 amide bonds. The van der Waals surface area contributed by atoms with Crippen LogP contribution in [0.2, 0.25) is 0 Å². The first-order valence-corrected chi connectivity index (χ1v) is 21.3. The highest BCUT2D eigenvalue weighted by Crippen LogP contribution is 2.34. The summed E-state index contributed by atoms with van der Waals surface area (Å²) < 4.78 is 17.0. The van der Waals surface area contributed by atoms with E-state index in [1.807, 2.05) is 121 Å². The van der Waals surface area contributed by atoms with Crippen LogP contribution in [-0.2, 0) is 4.74 Å². The fourth-order valence-electron chi connectivity index (χ4n) is 7.01. The Hall–Kier alpha value is -9.10. The molecular formula is C54H40N6O7. The van der Waals surface area contributed by atoms with Crippen LogP contribution in [0.1, 0.15) is 27.1 Å². The van der Waals surface area contributed by atoms with Crippen LogP contribution < -0.4 is 9.47 Å². The normalized spacial score (nSPS) is 10.9. The molecule has 328 valence electrons. The molecule has 0 bridgehead atoms. The fraction of sp³-hybridized carbons (Fsp3) is 0.0741.